The van der Waals surface area contributed by atoms with Gasteiger partial charge in [-0.2, -0.15) is 0 Å². The number of hydrogen-bond donors (Lipinski definition) is 2. The fourth-order valence-electron chi connectivity index (χ4n) is 3.20. The van der Waals surface area contributed by atoms with Crippen LogP contribution in [0.5, 0.6) is 5.75 Å². The third-order valence-electron chi connectivity index (χ3n) is 4.79. The number of amides is 2. The summed E-state index contributed by atoms with van der Waals surface area (Å²) >= 11 is 0. The lowest BCUT2D eigenvalue weighted by Crippen LogP contribution is -2.25. The Morgan fingerprint density at radius 2 is 1.79 bits per heavy atom. The number of carbonyl (C=O) groups excluding carboxylic acids is 3. The SMILES string of the molecule is CCN(CC)c1ccc(NC(=O)CCC(=O)c2ccc3c(c2)NC(=O)CO3)cc1. The Morgan fingerprint density at radius 3 is 2.48 bits per heavy atom. The molecule has 0 bridgehead atoms. The van der Waals surface area contributed by atoms with Gasteiger partial charge in [0.25, 0.3) is 5.91 Å². The minimum absolute atomic E-state index is 0.0314. The van der Waals surface area contributed by atoms with Crippen LogP contribution in [-0.4, -0.2) is 37.3 Å². The molecule has 0 unspecified atom stereocenters. The van der Waals surface area contributed by atoms with Crippen LogP contribution in [0.25, 0.3) is 0 Å². The van der Waals surface area contributed by atoms with Crippen LogP contribution < -0.4 is 20.3 Å². The molecule has 1 heterocycles. The Hall–Kier alpha value is -3.35. The molecule has 0 aliphatic carbocycles. The van der Waals surface area contributed by atoms with Crippen molar-refractivity contribution >= 4 is 34.7 Å². The molecule has 0 fully saturated rings. The zero-order valence-electron chi connectivity index (χ0n) is 16.7. The molecule has 2 aromatic carbocycles. The average Bonchev–Trinajstić information content (AvgIpc) is 2.73. The second-order valence-electron chi connectivity index (χ2n) is 6.74. The van der Waals surface area contributed by atoms with Crippen molar-refractivity contribution in [3.63, 3.8) is 0 Å². The third-order valence-corrected chi connectivity index (χ3v) is 4.79. The molecule has 1 aliphatic rings. The van der Waals surface area contributed by atoms with Gasteiger partial charge in [-0.15, -0.1) is 0 Å². The molecule has 2 aromatic rings. The van der Waals surface area contributed by atoms with Crippen LogP contribution in [0.1, 0.15) is 37.0 Å². The summed E-state index contributed by atoms with van der Waals surface area (Å²) in [7, 11) is 0. The Kier molecular flexibility index (Phi) is 6.49. The molecule has 152 valence electrons. The maximum Gasteiger partial charge on any atom is 0.262 e. The number of nitrogens with one attached hydrogen (secondary N) is 2. The van der Waals surface area contributed by atoms with Crippen molar-refractivity contribution < 1.29 is 19.1 Å². The Balaban J connectivity index is 1.53. The van der Waals surface area contributed by atoms with Crippen molar-refractivity contribution in [3.8, 4) is 5.75 Å². The topological polar surface area (TPSA) is 87.7 Å². The maximum atomic E-state index is 12.4. The second-order valence-corrected chi connectivity index (χ2v) is 6.74. The summed E-state index contributed by atoms with van der Waals surface area (Å²) in [6, 6.07) is 12.5. The molecule has 2 amide bonds. The fraction of sp³-hybridized carbons (Fsp3) is 0.318. The quantitative estimate of drug-likeness (QED) is 0.669. The Labute approximate surface area is 170 Å². The Bertz CT molecular complexity index is 905. The highest BCUT2D eigenvalue weighted by Crippen LogP contribution is 2.29. The molecule has 0 aromatic heterocycles. The summed E-state index contributed by atoms with van der Waals surface area (Å²) in [6.07, 6.45) is 0.160. The van der Waals surface area contributed by atoms with E-state index < -0.39 is 0 Å². The van der Waals surface area contributed by atoms with Crippen molar-refractivity contribution in [2.45, 2.75) is 26.7 Å². The highest BCUT2D eigenvalue weighted by Gasteiger charge is 2.18. The largest absolute Gasteiger partial charge is 0.482 e. The van der Waals surface area contributed by atoms with Crippen molar-refractivity contribution in [3.05, 3.63) is 48.0 Å². The van der Waals surface area contributed by atoms with Crippen molar-refractivity contribution in [1.82, 2.24) is 0 Å². The normalized spacial score (nSPS) is 12.4. The van der Waals surface area contributed by atoms with E-state index >= 15 is 0 Å². The summed E-state index contributed by atoms with van der Waals surface area (Å²) in [5.74, 6) is -0.108. The number of anilines is 3. The standard InChI is InChI=1S/C22H25N3O4/c1-3-25(4-2)17-8-6-16(7-9-17)23-21(27)12-10-19(26)15-5-11-20-18(13-15)24-22(28)14-29-20/h5-9,11,13H,3-4,10,12,14H2,1-2H3,(H,23,27)(H,24,28). The highest BCUT2D eigenvalue weighted by atomic mass is 16.5. The van der Waals surface area contributed by atoms with Gasteiger partial charge in [-0.3, -0.25) is 14.4 Å². The molecular formula is C22H25N3O4. The number of ketones is 1. The monoisotopic (exact) mass is 395 g/mol. The lowest BCUT2D eigenvalue weighted by molar-refractivity contribution is -0.118. The predicted molar refractivity (Wildman–Crippen MR) is 113 cm³/mol. The van der Waals surface area contributed by atoms with E-state index in [1.165, 1.54) is 0 Å². The van der Waals surface area contributed by atoms with Crippen LogP contribution in [0.15, 0.2) is 42.5 Å². The number of fused-ring (bicyclic) bond motifs is 1. The molecule has 0 spiro atoms. The molecule has 0 saturated carbocycles. The first-order valence-electron chi connectivity index (χ1n) is 9.75. The van der Waals surface area contributed by atoms with E-state index in [1.807, 2.05) is 24.3 Å². The smallest absolute Gasteiger partial charge is 0.262 e. The summed E-state index contributed by atoms with van der Waals surface area (Å²) in [5, 5.41) is 5.49. The van der Waals surface area contributed by atoms with Crippen molar-refractivity contribution in [2.24, 2.45) is 0 Å². The first kappa shape index (κ1) is 20.4. The van der Waals surface area contributed by atoms with Crippen molar-refractivity contribution in [2.75, 3.05) is 35.2 Å². The zero-order chi connectivity index (χ0) is 20.8. The predicted octanol–water partition coefficient (Wildman–Crippen LogP) is 3.47. The number of rotatable bonds is 8. The highest BCUT2D eigenvalue weighted by molar-refractivity contribution is 6.02. The van der Waals surface area contributed by atoms with E-state index in [0.717, 1.165) is 18.8 Å². The van der Waals surface area contributed by atoms with Gasteiger partial charge in [0.15, 0.2) is 12.4 Å². The summed E-state index contributed by atoms with van der Waals surface area (Å²) in [6.45, 7) is 6.00. The summed E-state index contributed by atoms with van der Waals surface area (Å²) in [5.41, 5.74) is 2.72. The zero-order valence-corrected chi connectivity index (χ0v) is 16.7. The molecule has 0 radical (unpaired) electrons. The van der Waals surface area contributed by atoms with E-state index in [4.69, 9.17) is 4.74 Å². The average molecular weight is 395 g/mol. The fourth-order valence-corrected chi connectivity index (χ4v) is 3.20. The van der Waals surface area contributed by atoms with E-state index in [0.29, 0.717) is 22.7 Å². The van der Waals surface area contributed by atoms with Crippen LogP contribution in [0.4, 0.5) is 17.1 Å². The van der Waals surface area contributed by atoms with Gasteiger partial charge in [0.1, 0.15) is 5.75 Å². The Morgan fingerprint density at radius 1 is 1.07 bits per heavy atom. The van der Waals surface area contributed by atoms with Gasteiger partial charge >= 0.3 is 0 Å². The van der Waals surface area contributed by atoms with Crippen LogP contribution in [0, 0.1) is 0 Å². The summed E-state index contributed by atoms with van der Waals surface area (Å²) in [4.78, 5) is 38.2. The molecule has 7 nitrogen and oxygen atoms in total. The maximum absolute atomic E-state index is 12.4. The molecule has 29 heavy (non-hydrogen) atoms. The second kappa shape index (κ2) is 9.23. The molecule has 3 rings (SSSR count). The van der Waals surface area contributed by atoms with Crippen LogP contribution >= 0.6 is 0 Å². The van der Waals surface area contributed by atoms with E-state index in [9.17, 15) is 14.4 Å². The molecule has 0 atom stereocenters. The van der Waals surface area contributed by atoms with Crippen LogP contribution in [0.2, 0.25) is 0 Å². The van der Waals surface area contributed by atoms with Crippen LogP contribution in [-0.2, 0) is 9.59 Å². The minimum atomic E-state index is -0.256. The molecule has 0 saturated heterocycles. The first-order valence-corrected chi connectivity index (χ1v) is 9.75. The van der Waals surface area contributed by atoms with E-state index in [1.54, 1.807) is 18.2 Å². The molecule has 2 N–H and O–H groups in total. The summed E-state index contributed by atoms with van der Waals surface area (Å²) < 4.78 is 5.28. The number of hydrogen-bond acceptors (Lipinski definition) is 5. The van der Waals surface area contributed by atoms with Gasteiger partial charge in [0, 0.05) is 42.9 Å². The van der Waals surface area contributed by atoms with Gasteiger partial charge in [-0.25, -0.2) is 0 Å². The van der Waals surface area contributed by atoms with Gasteiger partial charge in [-0.1, -0.05) is 0 Å². The number of carbonyl (C=O) groups is 3. The first-order chi connectivity index (χ1) is 14.0. The third kappa shape index (κ3) is 5.13. The number of nitrogens with zero attached hydrogens (tertiary/aromatic N) is 1. The van der Waals surface area contributed by atoms with Gasteiger partial charge < -0.3 is 20.3 Å². The lowest BCUT2D eigenvalue weighted by Gasteiger charge is -2.21. The van der Waals surface area contributed by atoms with Crippen molar-refractivity contribution in [1.29, 1.82) is 0 Å². The molecular weight excluding hydrogens is 370 g/mol. The lowest BCUT2D eigenvalue weighted by atomic mass is 10.0. The van der Waals surface area contributed by atoms with Gasteiger partial charge in [-0.05, 0) is 56.3 Å². The van der Waals surface area contributed by atoms with E-state index in [-0.39, 0.29) is 37.0 Å². The number of benzene rings is 2. The number of ether oxygens (including phenoxy) is 1. The van der Waals surface area contributed by atoms with Gasteiger partial charge in [0.05, 0.1) is 5.69 Å². The van der Waals surface area contributed by atoms with E-state index in [2.05, 4.69) is 29.4 Å². The number of Topliss-reactive ketones (excluding diaryl/α,β-unsaturated/α-hetero) is 1. The van der Waals surface area contributed by atoms with Gasteiger partial charge in [0.2, 0.25) is 5.91 Å². The van der Waals surface area contributed by atoms with Crippen LogP contribution in [0.3, 0.4) is 0 Å². The molecule has 1 aliphatic heterocycles. The minimum Gasteiger partial charge on any atom is -0.482 e. The molecule has 7 heteroatoms.